The van der Waals surface area contributed by atoms with E-state index < -0.39 is 10.0 Å². The van der Waals surface area contributed by atoms with Crippen LogP contribution in [0.2, 0.25) is 0 Å². The molecule has 1 saturated heterocycles. The average molecular weight is 284 g/mol. The lowest BCUT2D eigenvalue weighted by molar-refractivity contribution is 0.0272. The van der Waals surface area contributed by atoms with Crippen molar-refractivity contribution >= 4 is 10.0 Å². The van der Waals surface area contributed by atoms with Gasteiger partial charge in [0.2, 0.25) is 0 Å². The quantitative estimate of drug-likeness (QED) is 0.904. The molecular formula is C13H20N2O3S. The van der Waals surface area contributed by atoms with Crippen molar-refractivity contribution in [3.8, 4) is 0 Å². The first-order valence-electron chi connectivity index (χ1n) is 6.33. The van der Waals surface area contributed by atoms with Crippen LogP contribution < -0.4 is 4.83 Å². The van der Waals surface area contributed by atoms with Gasteiger partial charge in [-0.25, -0.2) is 13.4 Å². The molecule has 0 radical (unpaired) electrons. The van der Waals surface area contributed by atoms with E-state index in [-0.39, 0.29) is 0 Å². The van der Waals surface area contributed by atoms with E-state index in [2.05, 4.69) is 4.83 Å². The molecule has 1 aliphatic heterocycles. The van der Waals surface area contributed by atoms with Gasteiger partial charge in [0.25, 0.3) is 10.0 Å². The van der Waals surface area contributed by atoms with Crippen LogP contribution in [0.4, 0.5) is 0 Å². The molecule has 1 aromatic carbocycles. The highest BCUT2D eigenvalue weighted by molar-refractivity contribution is 7.89. The molecule has 19 heavy (non-hydrogen) atoms. The van der Waals surface area contributed by atoms with Gasteiger partial charge in [-0.15, -0.1) is 4.83 Å². The molecule has 0 aromatic heterocycles. The van der Waals surface area contributed by atoms with E-state index in [1.54, 1.807) is 11.1 Å². The van der Waals surface area contributed by atoms with E-state index in [0.29, 0.717) is 31.2 Å². The first-order valence-corrected chi connectivity index (χ1v) is 7.81. The Morgan fingerprint density at radius 3 is 2.26 bits per heavy atom. The molecule has 1 aliphatic rings. The highest BCUT2D eigenvalue weighted by Gasteiger charge is 2.22. The number of hydrogen-bond acceptors (Lipinski definition) is 4. The molecule has 0 bridgehead atoms. The van der Waals surface area contributed by atoms with Crippen LogP contribution in [0.1, 0.15) is 16.7 Å². The first-order chi connectivity index (χ1) is 8.90. The summed E-state index contributed by atoms with van der Waals surface area (Å²) in [7, 11) is -3.51. The summed E-state index contributed by atoms with van der Waals surface area (Å²) < 4.78 is 30.0. The normalized spacial score (nSPS) is 17.6. The Kier molecular flexibility index (Phi) is 4.25. The molecule has 0 aliphatic carbocycles. The van der Waals surface area contributed by atoms with Crippen molar-refractivity contribution in [1.82, 2.24) is 9.84 Å². The number of ether oxygens (including phenoxy) is 1. The Balaban J connectivity index is 2.26. The summed E-state index contributed by atoms with van der Waals surface area (Å²) >= 11 is 0. The van der Waals surface area contributed by atoms with Crippen LogP contribution in [-0.4, -0.2) is 39.7 Å². The summed E-state index contributed by atoms with van der Waals surface area (Å²) in [6.45, 7) is 7.96. The van der Waals surface area contributed by atoms with Crippen molar-refractivity contribution in [2.75, 3.05) is 26.3 Å². The molecule has 0 unspecified atom stereocenters. The molecule has 0 spiro atoms. The van der Waals surface area contributed by atoms with E-state index in [0.717, 1.165) is 16.7 Å². The molecule has 0 saturated carbocycles. The van der Waals surface area contributed by atoms with E-state index in [4.69, 9.17) is 4.74 Å². The number of morpholine rings is 1. The minimum atomic E-state index is -3.51. The highest BCUT2D eigenvalue weighted by Crippen LogP contribution is 2.20. The molecule has 106 valence electrons. The summed E-state index contributed by atoms with van der Waals surface area (Å²) in [4.78, 5) is 2.97. The van der Waals surface area contributed by atoms with Crippen LogP contribution in [0.3, 0.4) is 0 Å². The zero-order chi connectivity index (χ0) is 14.0. The Labute approximate surface area is 114 Å². The summed E-state index contributed by atoms with van der Waals surface area (Å²) in [5.41, 5.74) is 2.85. The van der Waals surface area contributed by atoms with Crippen molar-refractivity contribution in [3.63, 3.8) is 0 Å². The summed E-state index contributed by atoms with van der Waals surface area (Å²) in [5, 5.41) is 1.69. The monoisotopic (exact) mass is 284 g/mol. The number of hydrogen-bond donors (Lipinski definition) is 1. The number of nitrogens with one attached hydrogen (secondary N) is 1. The molecule has 1 N–H and O–H groups in total. The van der Waals surface area contributed by atoms with Gasteiger partial charge in [-0.3, -0.25) is 0 Å². The average Bonchev–Trinajstić information content (AvgIpc) is 2.34. The van der Waals surface area contributed by atoms with E-state index >= 15 is 0 Å². The molecule has 6 heteroatoms. The number of sulfonamides is 1. The zero-order valence-electron chi connectivity index (χ0n) is 11.6. The lowest BCUT2D eigenvalue weighted by Crippen LogP contribution is -2.48. The molecule has 0 amide bonds. The van der Waals surface area contributed by atoms with Gasteiger partial charge in [0.15, 0.2) is 0 Å². The SMILES string of the molecule is Cc1cc(C)c(S(=O)(=O)NN2CCOCC2)cc1C. The number of rotatable bonds is 3. The van der Waals surface area contributed by atoms with Crippen LogP contribution in [0.5, 0.6) is 0 Å². The van der Waals surface area contributed by atoms with Gasteiger partial charge in [-0.2, -0.15) is 0 Å². The molecule has 1 heterocycles. The van der Waals surface area contributed by atoms with Crippen LogP contribution in [-0.2, 0) is 14.8 Å². The molecule has 2 rings (SSSR count). The second-order valence-corrected chi connectivity index (χ2v) is 6.53. The number of aryl methyl sites for hydroxylation is 3. The maximum Gasteiger partial charge on any atom is 0.253 e. The molecular weight excluding hydrogens is 264 g/mol. The van der Waals surface area contributed by atoms with Crippen molar-refractivity contribution in [1.29, 1.82) is 0 Å². The van der Waals surface area contributed by atoms with Gasteiger partial charge in [-0.1, -0.05) is 6.07 Å². The van der Waals surface area contributed by atoms with Gasteiger partial charge in [0.1, 0.15) is 0 Å². The Hall–Kier alpha value is -0.950. The molecule has 0 atom stereocenters. The van der Waals surface area contributed by atoms with Crippen molar-refractivity contribution in [2.45, 2.75) is 25.7 Å². The first kappa shape index (κ1) is 14.5. The maximum absolute atomic E-state index is 12.4. The Morgan fingerprint density at radius 2 is 1.63 bits per heavy atom. The van der Waals surface area contributed by atoms with Gasteiger partial charge >= 0.3 is 0 Å². The summed E-state index contributed by atoms with van der Waals surface area (Å²) in [6, 6.07) is 3.64. The van der Waals surface area contributed by atoms with Crippen LogP contribution >= 0.6 is 0 Å². The van der Waals surface area contributed by atoms with Gasteiger partial charge in [0, 0.05) is 13.1 Å². The predicted octanol–water partition coefficient (Wildman–Crippen LogP) is 1.14. The van der Waals surface area contributed by atoms with Crippen molar-refractivity contribution in [3.05, 3.63) is 28.8 Å². The lowest BCUT2D eigenvalue weighted by atomic mass is 10.1. The Bertz CT molecular complexity index is 563. The summed E-state index contributed by atoms with van der Waals surface area (Å²) in [5.74, 6) is 0. The number of hydrazine groups is 1. The minimum Gasteiger partial charge on any atom is -0.379 e. The molecule has 5 nitrogen and oxygen atoms in total. The predicted molar refractivity (Wildman–Crippen MR) is 73.4 cm³/mol. The molecule has 1 fully saturated rings. The van der Waals surface area contributed by atoms with E-state index in [1.165, 1.54) is 0 Å². The molecule has 1 aromatic rings. The second kappa shape index (κ2) is 5.58. The zero-order valence-corrected chi connectivity index (χ0v) is 12.4. The van der Waals surface area contributed by atoms with Crippen molar-refractivity contribution in [2.24, 2.45) is 0 Å². The van der Waals surface area contributed by atoms with Crippen LogP contribution in [0.15, 0.2) is 17.0 Å². The van der Waals surface area contributed by atoms with Crippen molar-refractivity contribution < 1.29 is 13.2 Å². The smallest absolute Gasteiger partial charge is 0.253 e. The van der Waals surface area contributed by atoms with Crippen LogP contribution in [0.25, 0.3) is 0 Å². The Morgan fingerprint density at radius 1 is 1.05 bits per heavy atom. The van der Waals surface area contributed by atoms with Crippen LogP contribution in [0, 0.1) is 20.8 Å². The fourth-order valence-corrected chi connectivity index (χ4v) is 3.53. The fraction of sp³-hybridized carbons (Fsp3) is 0.538. The third kappa shape index (κ3) is 3.33. The van der Waals surface area contributed by atoms with Gasteiger partial charge in [0.05, 0.1) is 18.1 Å². The highest BCUT2D eigenvalue weighted by atomic mass is 32.2. The topological polar surface area (TPSA) is 58.6 Å². The van der Waals surface area contributed by atoms with Gasteiger partial charge < -0.3 is 4.74 Å². The lowest BCUT2D eigenvalue weighted by Gasteiger charge is -2.27. The van der Waals surface area contributed by atoms with Gasteiger partial charge in [-0.05, 0) is 43.5 Å². The third-order valence-electron chi connectivity index (χ3n) is 3.34. The fourth-order valence-electron chi connectivity index (χ4n) is 2.10. The van der Waals surface area contributed by atoms with E-state index in [1.807, 2.05) is 26.8 Å². The standard InChI is InChI=1S/C13H20N2O3S/c1-10-8-12(3)13(9-11(10)2)19(16,17)14-15-4-6-18-7-5-15/h8-9,14H,4-7H2,1-3H3. The third-order valence-corrected chi connectivity index (χ3v) is 4.86. The minimum absolute atomic E-state index is 0.349. The number of benzene rings is 1. The second-order valence-electron chi connectivity index (χ2n) is 4.90. The number of nitrogens with zero attached hydrogens (tertiary/aromatic N) is 1. The van der Waals surface area contributed by atoms with E-state index in [9.17, 15) is 8.42 Å². The maximum atomic E-state index is 12.4. The largest absolute Gasteiger partial charge is 0.379 e. The summed E-state index contributed by atoms with van der Waals surface area (Å²) in [6.07, 6.45) is 0.